The van der Waals surface area contributed by atoms with Gasteiger partial charge >= 0.3 is 5.97 Å². The summed E-state index contributed by atoms with van der Waals surface area (Å²) >= 11 is 0. The molecule has 118 valence electrons. The second-order valence-electron chi connectivity index (χ2n) is 6.05. The molecule has 6 heteroatoms. The Morgan fingerprint density at radius 3 is 2.57 bits per heavy atom. The summed E-state index contributed by atoms with van der Waals surface area (Å²) in [6.45, 7) is 8.00. The van der Waals surface area contributed by atoms with Gasteiger partial charge in [-0.3, -0.25) is 9.59 Å². The third-order valence-electron chi connectivity index (χ3n) is 3.22. The molecule has 0 fully saturated rings. The van der Waals surface area contributed by atoms with Crippen LogP contribution in [0.15, 0.2) is 12.4 Å². The van der Waals surface area contributed by atoms with Crippen molar-refractivity contribution in [3.8, 4) is 0 Å². The lowest BCUT2D eigenvalue weighted by molar-refractivity contribution is -0.156. The highest BCUT2D eigenvalue weighted by molar-refractivity contribution is 5.98. The summed E-state index contributed by atoms with van der Waals surface area (Å²) in [6.07, 6.45) is 4.19. The molecule has 6 nitrogen and oxygen atoms in total. The number of rotatable bonds is 6. The van der Waals surface area contributed by atoms with Gasteiger partial charge in [0, 0.05) is 32.4 Å². The minimum atomic E-state index is -0.807. The Labute approximate surface area is 125 Å². The van der Waals surface area contributed by atoms with Crippen LogP contribution in [0.1, 0.15) is 33.5 Å². The van der Waals surface area contributed by atoms with Crippen LogP contribution in [0.4, 0.5) is 0 Å². The van der Waals surface area contributed by atoms with E-state index in [1.54, 1.807) is 13.1 Å². The molecule has 0 aliphatic rings. The molecule has 1 rings (SSSR count). The molecule has 0 radical (unpaired) electrons. The van der Waals surface area contributed by atoms with Crippen LogP contribution in [0.3, 0.4) is 0 Å². The molecular formula is C15H25N3O3. The van der Waals surface area contributed by atoms with Gasteiger partial charge in [-0.25, -0.2) is 4.98 Å². The van der Waals surface area contributed by atoms with Crippen molar-refractivity contribution < 1.29 is 14.3 Å². The van der Waals surface area contributed by atoms with Crippen LogP contribution in [-0.4, -0.2) is 34.6 Å². The van der Waals surface area contributed by atoms with Crippen molar-refractivity contribution in [1.29, 1.82) is 0 Å². The summed E-state index contributed by atoms with van der Waals surface area (Å²) in [4.78, 5) is 28.4. The van der Waals surface area contributed by atoms with Gasteiger partial charge in [0.1, 0.15) is 11.7 Å². The van der Waals surface area contributed by atoms with E-state index in [2.05, 4.69) is 10.3 Å². The third-order valence-corrected chi connectivity index (χ3v) is 3.22. The molecule has 1 atom stereocenters. The number of aromatic nitrogens is 2. The number of nitrogens with one attached hydrogen (secondary N) is 1. The molecule has 0 spiro atoms. The van der Waals surface area contributed by atoms with Crippen LogP contribution in [0.25, 0.3) is 0 Å². The summed E-state index contributed by atoms with van der Waals surface area (Å²) < 4.78 is 6.91. The van der Waals surface area contributed by atoms with E-state index in [0.717, 1.165) is 5.82 Å². The van der Waals surface area contributed by atoms with Crippen molar-refractivity contribution in [2.75, 3.05) is 13.2 Å². The van der Waals surface area contributed by atoms with E-state index in [-0.39, 0.29) is 12.5 Å². The number of esters is 1. The molecule has 1 amide bonds. The first kappa shape index (κ1) is 17.2. The first-order chi connectivity index (χ1) is 9.77. The van der Waals surface area contributed by atoms with Crippen LogP contribution in [0.5, 0.6) is 0 Å². The third kappa shape index (κ3) is 4.88. The van der Waals surface area contributed by atoms with Crippen molar-refractivity contribution in [1.82, 2.24) is 14.9 Å². The SMILES string of the molecule is CCOC(=O)C(C(=O)NCCc1nccn1C)C(C)(C)C. The van der Waals surface area contributed by atoms with Crippen LogP contribution in [-0.2, 0) is 27.8 Å². The van der Waals surface area contributed by atoms with Crippen LogP contribution in [0, 0.1) is 11.3 Å². The summed E-state index contributed by atoms with van der Waals surface area (Å²) in [7, 11) is 1.90. The monoisotopic (exact) mass is 295 g/mol. The van der Waals surface area contributed by atoms with E-state index in [0.29, 0.717) is 13.0 Å². The number of imidazole rings is 1. The smallest absolute Gasteiger partial charge is 0.319 e. The number of carbonyl (C=O) groups excluding carboxylic acids is 2. The zero-order valence-electron chi connectivity index (χ0n) is 13.5. The van der Waals surface area contributed by atoms with Crippen LogP contribution in [0.2, 0.25) is 0 Å². The zero-order valence-corrected chi connectivity index (χ0v) is 13.5. The topological polar surface area (TPSA) is 73.2 Å². The molecule has 1 aromatic rings. The highest BCUT2D eigenvalue weighted by Crippen LogP contribution is 2.27. The van der Waals surface area contributed by atoms with Gasteiger partial charge in [-0.15, -0.1) is 0 Å². The van der Waals surface area contributed by atoms with Gasteiger partial charge in [0.05, 0.1) is 6.61 Å². The summed E-state index contributed by atoms with van der Waals surface area (Å²) in [6, 6.07) is 0. The minimum Gasteiger partial charge on any atom is -0.465 e. The Morgan fingerprint density at radius 2 is 2.10 bits per heavy atom. The predicted octanol–water partition coefficient (Wildman–Crippen LogP) is 1.30. The van der Waals surface area contributed by atoms with E-state index in [4.69, 9.17) is 4.74 Å². The number of aryl methyl sites for hydroxylation is 1. The number of hydrogen-bond acceptors (Lipinski definition) is 4. The number of ether oxygens (including phenoxy) is 1. The van der Waals surface area contributed by atoms with Gasteiger partial charge in [-0.2, -0.15) is 0 Å². The van der Waals surface area contributed by atoms with Gasteiger partial charge < -0.3 is 14.6 Å². The maximum Gasteiger partial charge on any atom is 0.319 e. The van der Waals surface area contributed by atoms with Gasteiger partial charge in [0.2, 0.25) is 5.91 Å². The average molecular weight is 295 g/mol. The van der Waals surface area contributed by atoms with Gasteiger partial charge in [0.15, 0.2) is 0 Å². The van der Waals surface area contributed by atoms with Crippen molar-refractivity contribution >= 4 is 11.9 Å². The lowest BCUT2D eigenvalue weighted by Gasteiger charge is -2.27. The van der Waals surface area contributed by atoms with Crippen molar-refractivity contribution in [2.45, 2.75) is 34.1 Å². The second-order valence-corrected chi connectivity index (χ2v) is 6.05. The Hall–Kier alpha value is -1.85. The first-order valence-corrected chi connectivity index (χ1v) is 7.18. The fraction of sp³-hybridized carbons (Fsp3) is 0.667. The Bertz CT molecular complexity index is 489. The molecule has 0 saturated heterocycles. The molecule has 1 aromatic heterocycles. The van der Waals surface area contributed by atoms with Crippen LogP contribution >= 0.6 is 0 Å². The van der Waals surface area contributed by atoms with Gasteiger partial charge in [-0.05, 0) is 12.3 Å². The molecule has 0 bridgehead atoms. The number of hydrogen-bond donors (Lipinski definition) is 1. The Morgan fingerprint density at radius 1 is 1.43 bits per heavy atom. The molecular weight excluding hydrogens is 270 g/mol. The molecule has 0 aliphatic carbocycles. The maximum atomic E-state index is 12.3. The summed E-state index contributed by atoms with van der Waals surface area (Å²) in [5, 5.41) is 2.80. The standard InChI is InChI=1S/C15H25N3O3/c1-6-21-14(20)12(15(2,3)4)13(19)17-8-7-11-16-9-10-18(11)5/h9-10,12H,6-8H2,1-5H3,(H,17,19). The molecule has 1 N–H and O–H groups in total. The Balaban J connectivity index is 2.61. The molecule has 0 aliphatic heterocycles. The normalized spacial score (nSPS) is 12.8. The highest BCUT2D eigenvalue weighted by Gasteiger charge is 2.38. The van der Waals surface area contributed by atoms with Gasteiger partial charge in [0.25, 0.3) is 0 Å². The minimum absolute atomic E-state index is 0.270. The van der Waals surface area contributed by atoms with E-state index >= 15 is 0 Å². The molecule has 0 aromatic carbocycles. The largest absolute Gasteiger partial charge is 0.465 e. The van der Waals surface area contributed by atoms with Crippen molar-refractivity contribution in [2.24, 2.45) is 18.4 Å². The lowest BCUT2D eigenvalue weighted by atomic mass is 9.80. The second kappa shape index (κ2) is 7.24. The van der Waals surface area contributed by atoms with E-state index < -0.39 is 17.3 Å². The maximum absolute atomic E-state index is 12.3. The fourth-order valence-corrected chi connectivity index (χ4v) is 2.12. The predicted molar refractivity (Wildman–Crippen MR) is 79.5 cm³/mol. The highest BCUT2D eigenvalue weighted by atomic mass is 16.5. The number of amides is 1. The molecule has 21 heavy (non-hydrogen) atoms. The number of nitrogens with zero attached hydrogens (tertiary/aromatic N) is 2. The fourth-order valence-electron chi connectivity index (χ4n) is 2.12. The molecule has 1 unspecified atom stereocenters. The molecule has 1 heterocycles. The van der Waals surface area contributed by atoms with E-state index in [9.17, 15) is 9.59 Å². The van der Waals surface area contributed by atoms with E-state index in [1.165, 1.54) is 0 Å². The van der Waals surface area contributed by atoms with Crippen molar-refractivity contribution in [3.63, 3.8) is 0 Å². The van der Waals surface area contributed by atoms with Crippen LogP contribution < -0.4 is 5.32 Å². The zero-order chi connectivity index (χ0) is 16.0. The summed E-state index contributed by atoms with van der Waals surface area (Å²) in [5.41, 5.74) is -0.487. The quantitative estimate of drug-likeness (QED) is 0.634. The number of carbonyl (C=O) groups is 2. The average Bonchev–Trinajstić information content (AvgIpc) is 2.73. The lowest BCUT2D eigenvalue weighted by Crippen LogP contribution is -2.44. The Kier molecular flexibility index (Phi) is 5.93. The van der Waals surface area contributed by atoms with Gasteiger partial charge in [-0.1, -0.05) is 20.8 Å². The first-order valence-electron chi connectivity index (χ1n) is 7.18. The van der Waals surface area contributed by atoms with Crippen molar-refractivity contribution in [3.05, 3.63) is 18.2 Å². The molecule has 0 saturated carbocycles. The summed E-state index contributed by atoms with van der Waals surface area (Å²) in [5.74, 6) is -0.688. The van der Waals surface area contributed by atoms with E-state index in [1.807, 2.05) is 38.6 Å².